The Balaban J connectivity index is 1.61. The number of hydrazone groups is 1. The van der Waals surface area contributed by atoms with Crippen LogP contribution < -0.4 is 0 Å². The van der Waals surface area contributed by atoms with Crippen LogP contribution in [0.1, 0.15) is 30.7 Å². The summed E-state index contributed by atoms with van der Waals surface area (Å²) < 4.78 is 7.39. The molecule has 0 saturated heterocycles. The van der Waals surface area contributed by atoms with E-state index in [1.54, 1.807) is 22.6 Å². The zero-order valence-corrected chi connectivity index (χ0v) is 16.5. The van der Waals surface area contributed by atoms with Gasteiger partial charge in [0.15, 0.2) is 0 Å². The molecule has 0 fully saturated rings. The Morgan fingerprint density at radius 1 is 1.14 bits per heavy atom. The first kappa shape index (κ1) is 17.6. The lowest BCUT2D eigenvalue weighted by atomic mass is 10.0. The van der Waals surface area contributed by atoms with E-state index in [1.165, 1.54) is 6.92 Å². The number of nitrogens with zero attached hydrogens (tertiary/aromatic N) is 4. The van der Waals surface area contributed by atoms with E-state index in [2.05, 4.69) is 5.10 Å². The number of aromatic nitrogens is 2. The minimum Gasteiger partial charge on any atom is -0.463 e. The van der Waals surface area contributed by atoms with E-state index in [-0.39, 0.29) is 11.9 Å². The van der Waals surface area contributed by atoms with Crippen LogP contribution >= 0.6 is 11.3 Å². The quantitative estimate of drug-likeness (QED) is 0.488. The van der Waals surface area contributed by atoms with Gasteiger partial charge in [-0.2, -0.15) is 10.2 Å². The van der Waals surface area contributed by atoms with E-state index in [0.717, 1.165) is 27.5 Å². The van der Waals surface area contributed by atoms with Crippen molar-refractivity contribution >= 4 is 23.0 Å². The molecular formula is C22H18N4O2S. The SMILES string of the molecule is CC(=O)N1N=C(c2ccco2)C[C@@H]1c1cn(-c2ccccc2)nc1-c1cccs1. The number of carbonyl (C=O) groups is 1. The number of carbonyl (C=O) groups excluding carboxylic acids is 1. The largest absolute Gasteiger partial charge is 0.463 e. The Kier molecular flexibility index (Phi) is 4.37. The summed E-state index contributed by atoms with van der Waals surface area (Å²) in [7, 11) is 0. The molecule has 0 spiro atoms. The zero-order chi connectivity index (χ0) is 19.8. The van der Waals surface area contributed by atoms with Crippen LogP contribution in [0.4, 0.5) is 0 Å². The molecule has 0 bridgehead atoms. The van der Waals surface area contributed by atoms with Crippen LogP contribution in [0.5, 0.6) is 0 Å². The summed E-state index contributed by atoms with van der Waals surface area (Å²) >= 11 is 1.63. The van der Waals surface area contributed by atoms with Gasteiger partial charge in [0.2, 0.25) is 5.91 Å². The summed E-state index contributed by atoms with van der Waals surface area (Å²) in [6, 6.07) is 17.5. The predicted molar refractivity (Wildman–Crippen MR) is 112 cm³/mol. The summed E-state index contributed by atoms with van der Waals surface area (Å²) in [4.78, 5) is 13.4. The van der Waals surface area contributed by atoms with Gasteiger partial charge in [-0.05, 0) is 35.7 Å². The third-order valence-corrected chi connectivity index (χ3v) is 5.79. The molecule has 1 aliphatic heterocycles. The lowest BCUT2D eigenvalue weighted by Crippen LogP contribution is -2.24. The van der Waals surface area contributed by atoms with Crippen molar-refractivity contribution in [1.82, 2.24) is 14.8 Å². The van der Waals surface area contributed by atoms with E-state index >= 15 is 0 Å². The maximum absolute atomic E-state index is 12.4. The maximum atomic E-state index is 12.4. The first-order valence-electron chi connectivity index (χ1n) is 9.31. The summed E-state index contributed by atoms with van der Waals surface area (Å²) in [5.74, 6) is 0.577. The van der Waals surface area contributed by atoms with Crippen molar-refractivity contribution in [3.63, 3.8) is 0 Å². The van der Waals surface area contributed by atoms with Crippen molar-refractivity contribution in [3.05, 3.63) is 83.8 Å². The average Bonchev–Trinajstić information content (AvgIpc) is 3.54. The molecule has 29 heavy (non-hydrogen) atoms. The fraction of sp³-hybridized carbons (Fsp3) is 0.136. The lowest BCUT2D eigenvalue weighted by Gasteiger charge is -2.19. The number of thiophene rings is 1. The van der Waals surface area contributed by atoms with Gasteiger partial charge in [-0.1, -0.05) is 24.3 Å². The maximum Gasteiger partial charge on any atom is 0.240 e. The summed E-state index contributed by atoms with van der Waals surface area (Å²) in [5, 5.41) is 13.0. The number of rotatable bonds is 4. The highest BCUT2D eigenvalue weighted by molar-refractivity contribution is 7.13. The second-order valence-electron chi connectivity index (χ2n) is 6.80. The fourth-order valence-electron chi connectivity index (χ4n) is 3.58. The topological polar surface area (TPSA) is 63.6 Å². The van der Waals surface area contributed by atoms with Gasteiger partial charge < -0.3 is 4.42 Å². The van der Waals surface area contributed by atoms with E-state index in [1.807, 2.05) is 70.9 Å². The molecule has 7 heteroatoms. The first-order chi connectivity index (χ1) is 14.2. The standard InChI is InChI=1S/C22H18N4O2S/c1-15(27)26-19(13-18(23-26)20-9-5-11-28-20)17-14-25(16-7-3-2-4-8-16)24-22(17)21-10-6-12-29-21/h2-12,14,19H,13H2,1H3/t19-/m1/s1. The van der Waals surface area contributed by atoms with Crippen molar-refractivity contribution in [2.24, 2.45) is 5.10 Å². The third-order valence-electron chi connectivity index (χ3n) is 4.92. The molecule has 1 atom stereocenters. The van der Waals surface area contributed by atoms with Crippen LogP contribution in [-0.2, 0) is 4.79 Å². The number of para-hydroxylation sites is 1. The number of furan rings is 1. The van der Waals surface area contributed by atoms with Gasteiger partial charge in [-0.15, -0.1) is 11.3 Å². The second-order valence-corrected chi connectivity index (χ2v) is 7.75. The number of amides is 1. The molecule has 0 saturated carbocycles. The van der Waals surface area contributed by atoms with Gasteiger partial charge in [0.25, 0.3) is 0 Å². The molecule has 0 N–H and O–H groups in total. The van der Waals surface area contributed by atoms with Gasteiger partial charge in [-0.3, -0.25) is 4.79 Å². The molecule has 0 radical (unpaired) electrons. The monoisotopic (exact) mass is 402 g/mol. The second kappa shape index (κ2) is 7.18. The Morgan fingerprint density at radius 3 is 2.69 bits per heavy atom. The smallest absolute Gasteiger partial charge is 0.240 e. The minimum atomic E-state index is -0.234. The Morgan fingerprint density at radius 2 is 2.00 bits per heavy atom. The molecule has 4 heterocycles. The van der Waals surface area contributed by atoms with Crippen LogP contribution in [0.3, 0.4) is 0 Å². The van der Waals surface area contributed by atoms with Crippen molar-refractivity contribution in [2.75, 3.05) is 0 Å². The van der Waals surface area contributed by atoms with E-state index in [0.29, 0.717) is 12.2 Å². The zero-order valence-electron chi connectivity index (χ0n) is 15.7. The third kappa shape index (κ3) is 3.19. The van der Waals surface area contributed by atoms with E-state index < -0.39 is 0 Å². The Hall–Kier alpha value is -3.45. The van der Waals surface area contributed by atoms with Crippen LogP contribution in [-0.4, -0.2) is 26.4 Å². The molecule has 3 aromatic heterocycles. The van der Waals surface area contributed by atoms with Crippen molar-refractivity contribution in [2.45, 2.75) is 19.4 Å². The van der Waals surface area contributed by atoms with Crippen LogP contribution in [0, 0.1) is 0 Å². The molecule has 4 aromatic rings. The van der Waals surface area contributed by atoms with Crippen LogP contribution in [0.25, 0.3) is 16.3 Å². The summed E-state index contributed by atoms with van der Waals surface area (Å²) in [6.45, 7) is 1.54. The number of hydrogen-bond acceptors (Lipinski definition) is 5. The Bertz CT molecular complexity index is 1160. The predicted octanol–water partition coefficient (Wildman–Crippen LogP) is 4.89. The molecule has 6 nitrogen and oxygen atoms in total. The van der Waals surface area contributed by atoms with Gasteiger partial charge in [0.05, 0.1) is 22.9 Å². The summed E-state index contributed by atoms with van der Waals surface area (Å²) in [6.07, 6.45) is 4.20. The molecule has 144 valence electrons. The van der Waals surface area contributed by atoms with Gasteiger partial charge in [-0.25, -0.2) is 9.69 Å². The molecule has 5 rings (SSSR count). The fourth-order valence-corrected chi connectivity index (χ4v) is 4.31. The van der Waals surface area contributed by atoms with Crippen LogP contribution in [0.15, 0.2) is 82.0 Å². The lowest BCUT2D eigenvalue weighted by molar-refractivity contribution is -0.130. The minimum absolute atomic E-state index is 0.110. The highest BCUT2D eigenvalue weighted by Crippen LogP contribution is 2.39. The van der Waals surface area contributed by atoms with Gasteiger partial charge >= 0.3 is 0 Å². The Labute approximate surface area is 171 Å². The molecule has 0 aliphatic carbocycles. The van der Waals surface area contributed by atoms with Gasteiger partial charge in [0.1, 0.15) is 17.2 Å². The van der Waals surface area contributed by atoms with Crippen molar-refractivity contribution in [1.29, 1.82) is 0 Å². The van der Waals surface area contributed by atoms with Crippen LogP contribution in [0.2, 0.25) is 0 Å². The van der Waals surface area contributed by atoms with Crippen molar-refractivity contribution < 1.29 is 9.21 Å². The van der Waals surface area contributed by atoms with Crippen molar-refractivity contribution in [3.8, 4) is 16.3 Å². The van der Waals surface area contributed by atoms with E-state index in [4.69, 9.17) is 9.52 Å². The average molecular weight is 402 g/mol. The summed E-state index contributed by atoms with van der Waals surface area (Å²) in [5.41, 5.74) is 3.57. The highest BCUT2D eigenvalue weighted by Gasteiger charge is 2.35. The van der Waals surface area contributed by atoms with Gasteiger partial charge in [0, 0.05) is 25.1 Å². The number of benzene rings is 1. The van der Waals surface area contributed by atoms with E-state index in [9.17, 15) is 4.79 Å². The molecule has 1 aromatic carbocycles. The first-order valence-corrected chi connectivity index (χ1v) is 10.2. The molecule has 1 aliphatic rings. The molecule has 0 unspecified atom stereocenters. The highest BCUT2D eigenvalue weighted by atomic mass is 32.1. The molecular weight excluding hydrogens is 384 g/mol. The normalized spacial score (nSPS) is 16.2. The molecule has 1 amide bonds. The number of hydrogen-bond donors (Lipinski definition) is 0.